The van der Waals surface area contributed by atoms with Crippen molar-refractivity contribution in [2.45, 2.75) is 13.1 Å². The number of benzene rings is 3. The third-order valence-electron chi connectivity index (χ3n) is 5.00. The average Bonchev–Trinajstić information content (AvgIpc) is 3.03. The SMILES string of the molecule is COc1cccc(CNC(=O)c2cccc(CN3C(=O)c4ccccc4C3=O)c2)c1. The lowest BCUT2D eigenvalue weighted by molar-refractivity contribution is 0.0642. The van der Waals surface area contributed by atoms with Crippen LogP contribution in [0.25, 0.3) is 0 Å². The van der Waals surface area contributed by atoms with Gasteiger partial charge in [0.15, 0.2) is 0 Å². The molecular weight excluding hydrogens is 380 g/mol. The van der Waals surface area contributed by atoms with Gasteiger partial charge in [-0.3, -0.25) is 19.3 Å². The largest absolute Gasteiger partial charge is 0.497 e. The van der Waals surface area contributed by atoms with Crippen LogP contribution >= 0.6 is 0 Å². The van der Waals surface area contributed by atoms with Gasteiger partial charge in [0.05, 0.1) is 24.8 Å². The molecule has 0 unspecified atom stereocenters. The minimum atomic E-state index is -0.316. The molecule has 0 aromatic heterocycles. The zero-order valence-corrected chi connectivity index (χ0v) is 16.4. The maximum Gasteiger partial charge on any atom is 0.261 e. The molecule has 0 saturated carbocycles. The molecule has 30 heavy (non-hydrogen) atoms. The molecular formula is C24H20N2O4. The van der Waals surface area contributed by atoms with E-state index in [-0.39, 0.29) is 24.3 Å². The van der Waals surface area contributed by atoms with Gasteiger partial charge in [0.1, 0.15) is 5.75 Å². The van der Waals surface area contributed by atoms with Gasteiger partial charge in [-0.25, -0.2) is 0 Å². The van der Waals surface area contributed by atoms with Crippen molar-refractivity contribution in [3.63, 3.8) is 0 Å². The molecule has 4 rings (SSSR count). The van der Waals surface area contributed by atoms with E-state index in [9.17, 15) is 14.4 Å². The van der Waals surface area contributed by atoms with Crippen LogP contribution in [0.1, 0.15) is 42.2 Å². The molecule has 1 aliphatic rings. The van der Waals surface area contributed by atoms with Crippen LogP contribution in [0.5, 0.6) is 5.75 Å². The van der Waals surface area contributed by atoms with Crippen LogP contribution in [0, 0.1) is 0 Å². The molecule has 1 heterocycles. The molecule has 0 atom stereocenters. The summed E-state index contributed by atoms with van der Waals surface area (Å²) >= 11 is 0. The zero-order chi connectivity index (χ0) is 21.1. The number of nitrogens with one attached hydrogen (secondary N) is 1. The Morgan fingerprint density at radius 2 is 1.53 bits per heavy atom. The van der Waals surface area contributed by atoms with E-state index in [1.54, 1.807) is 55.6 Å². The van der Waals surface area contributed by atoms with Gasteiger partial charge in [-0.15, -0.1) is 0 Å². The molecule has 6 nitrogen and oxygen atoms in total. The number of nitrogens with zero attached hydrogens (tertiary/aromatic N) is 1. The Kier molecular flexibility index (Phi) is 5.30. The van der Waals surface area contributed by atoms with Crippen molar-refractivity contribution >= 4 is 17.7 Å². The second-order valence-corrected chi connectivity index (χ2v) is 6.98. The number of fused-ring (bicyclic) bond motifs is 1. The highest BCUT2D eigenvalue weighted by atomic mass is 16.5. The molecule has 3 aromatic carbocycles. The second kappa shape index (κ2) is 8.21. The number of carbonyl (C=O) groups is 3. The van der Waals surface area contributed by atoms with E-state index in [0.29, 0.717) is 28.8 Å². The lowest BCUT2D eigenvalue weighted by Crippen LogP contribution is -2.29. The molecule has 0 spiro atoms. The molecule has 3 aromatic rings. The summed E-state index contributed by atoms with van der Waals surface area (Å²) in [6, 6.07) is 21.2. The Morgan fingerprint density at radius 1 is 0.867 bits per heavy atom. The number of rotatable bonds is 6. The predicted molar refractivity (Wildman–Crippen MR) is 111 cm³/mol. The van der Waals surface area contributed by atoms with Crippen molar-refractivity contribution < 1.29 is 19.1 Å². The van der Waals surface area contributed by atoms with Crippen LogP contribution in [0.3, 0.4) is 0 Å². The highest BCUT2D eigenvalue weighted by Crippen LogP contribution is 2.24. The number of ether oxygens (including phenoxy) is 1. The topological polar surface area (TPSA) is 75.7 Å². The molecule has 0 fully saturated rings. The monoisotopic (exact) mass is 400 g/mol. The average molecular weight is 400 g/mol. The Bertz CT molecular complexity index is 1100. The first kappa shape index (κ1) is 19.4. The van der Waals surface area contributed by atoms with Gasteiger partial charge >= 0.3 is 0 Å². The third kappa shape index (κ3) is 3.80. The molecule has 0 radical (unpaired) electrons. The van der Waals surface area contributed by atoms with Crippen molar-refractivity contribution in [1.29, 1.82) is 0 Å². The highest BCUT2D eigenvalue weighted by Gasteiger charge is 2.34. The van der Waals surface area contributed by atoms with Crippen LogP contribution in [0.15, 0.2) is 72.8 Å². The summed E-state index contributed by atoms with van der Waals surface area (Å²) in [5.74, 6) is -0.140. The second-order valence-electron chi connectivity index (χ2n) is 6.98. The molecule has 150 valence electrons. The van der Waals surface area contributed by atoms with Crippen LogP contribution in [-0.2, 0) is 13.1 Å². The number of carbonyl (C=O) groups excluding carboxylic acids is 3. The van der Waals surface area contributed by atoms with E-state index in [0.717, 1.165) is 11.3 Å². The fourth-order valence-electron chi connectivity index (χ4n) is 3.44. The molecule has 3 amide bonds. The molecule has 0 aliphatic carbocycles. The Morgan fingerprint density at radius 3 is 2.23 bits per heavy atom. The third-order valence-corrected chi connectivity index (χ3v) is 5.00. The number of hydrogen-bond donors (Lipinski definition) is 1. The van der Waals surface area contributed by atoms with Gasteiger partial charge in [0, 0.05) is 12.1 Å². The summed E-state index contributed by atoms with van der Waals surface area (Å²) < 4.78 is 5.19. The van der Waals surface area contributed by atoms with Crippen molar-refractivity contribution in [3.05, 3.63) is 101 Å². The van der Waals surface area contributed by atoms with Gasteiger partial charge in [-0.1, -0.05) is 36.4 Å². The lowest BCUT2D eigenvalue weighted by atomic mass is 10.1. The van der Waals surface area contributed by atoms with Crippen molar-refractivity contribution in [2.24, 2.45) is 0 Å². The minimum Gasteiger partial charge on any atom is -0.497 e. The molecule has 0 saturated heterocycles. The van der Waals surface area contributed by atoms with E-state index in [1.807, 2.05) is 24.3 Å². The maximum atomic E-state index is 12.6. The maximum absolute atomic E-state index is 12.6. The lowest BCUT2D eigenvalue weighted by Gasteiger charge is -2.14. The van der Waals surface area contributed by atoms with Crippen LogP contribution in [0.4, 0.5) is 0 Å². The summed E-state index contributed by atoms with van der Waals surface area (Å²) in [7, 11) is 1.59. The fraction of sp³-hybridized carbons (Fsp3) is 0.125. The summed E-state index contributed by atoms with van der Waals surface area (Å²) in [5.41, 5.74) is 2.92. The molecule has 1 N–H and O–H groups in total. The fourth-order valence-corrected chi connectivity index (χ4v) is 3.44. The zero-order valence-electron chi connectivity index (χ0n) is 16.4. The Labute approximate surface area is 174 Å². The van der Waals surface area contributed by atoms with Gasteiger partial charge < -0.3 is 10.1 Å². The van der Waals surface area contributed by atoms with Crippen molar-refractivity contribution in [3.8, 4) is 5.75 Å². The van der Waals surface area contributed by atoms with E-state index in [1.165, 1.54) is 4.90 Å². The highest BCUT2D eigenvalue weighted by molar-refractivity contribution is 6.21. The summed E-state index contributed by atoms with van der Waals surface area (Å²) in [5, 5.41) is 2.88. The number of hydrogen-bond acceptors (Lipinski definition) is 4. The summed E-state index contributed by atoms with van der Waals surface area (Å²) in [6.45, 7) is 0.474. The van der Waals surface area contributed by atoms with Gasteiger partial charge in [0.25, 0.3) is 17.7 Å². The first-order valence-corrected chi connectivity index (χ1v) is 9.52. The standard InChI is InChI=1S/C24H20N2O4/c1-30-19-9-5-6-16(13-19)14-25-22(27)18-8-4-7-17(12-18)15-26-23(28)20-10-2-3-11-21(20)24(26)29/h2-13H,14-15H2,1H3,(H,25,27). The van der Waals surface area contributed by atoms with E-state index in [4.69, 9.17) is 4.74 Å². The summed E-state index contributed by atoms with van der Waals surface area (Å²) in [4.78, 5) is 38.9. The van der Waals surface area contributed by atoms with Crippen LogP contribution in [0.2, 0.25) is 0 Å². The number of imide groups is 1. The number of amides is 3. The molecule has 0 bridgehead atoms. The van der Waals surface area contributed by atoms with Crippen LogP contribution < -0.4 is 10.1 Å². The Balaban J connectivity index is 1.44. The minimum absolute atomic E-state index is 0.114. The smallest absolute Gasteiger partial charge is 0.261 e. The predicted octanol–water partition coefficient (Wildman–Crippen LogP) is 3.42. The van der Waals surface area contributed by atoms with Gasteiger partial charge in [0.2, 0.25) is 0 Å². The molecule has 1 aliphatic heterocycles. The van der Waals surface area contributed by atoms with Crippen LogP contribution in [-0.4, -0.2) is 29.7 Å². The van der Waals surface area contributed by atoms with Crippen molar-refractivity contribution in [1.82, 2.24) is 10.2 Å². The van der Waals surface area contributed by atoms with Gasteiger partial charge in [-0.2, -0.15) is 0 Å². The van der Waals surface area contributed by atoms with E-state index >= 15 is 0 Å². The number of methoxy groups -OCH3 is 1. The van der Waals surface area contributed by atoms with Crippen molar-refractivity contribution in [2.75, 3.05) is 7.11 Å². The Hall–Kier alpha value is -3.93. The van der Waals surface area contributed by atoms with E-state index < -0.39 is 0 Å². The first-order valence-electron chi connectivity index (χ1n) is 9.52. The quantitative estimate of drug-likeness (QED) is 0.644. The first-order chi connectivity index (χ1) is 14.6. The summed E-state index contributed by atoms with van der Waals surface area (Å²) in [6.07, 6.45) is 0. The normalized spacial score (nSPS) is 12.6. The van der Waals surface area contributed by atoms with Gasteiger partial charge in [-0.05, 0) is 47.5 Å². The molecule has 6 heteroatoms. The van der Waals surface area contributed by atoms with E-state index in [2.05, 4.69) is 5.32 Å².